The van der Waals surface area contributed by atoms with E-state index in [1.807, 2.05) is 66.7 Å². The molecule has 1 fully saturated rings. The van der Waals surface area contributed by atoms with Gasteiger partial charge in [0.15, 0.2) is 11.8 Å². The van der Waals surface area contributed by atoms with Gasteiger partial charge >= 0.3 is 11.7 Å². The maximum atomic E-state index is 13.5. The maximum absolute atomic E-state index is 13.5. The largest absolute Gasteiger partial charge is 0.327 e. The van der Waals surface area contributed by atoms with Crippen LogP contribution in [0.3, 0.4) is 0 Å². The number of hydrogen-bond acceptors (Lipinski definition) is 7. The van der Waals surface area contributed by atoms with E-state index in [1.165, 1.54) is 0 Å². The number of aromatic nitrogens is 7. The first-order valence-corrected chi connectivity index (χ1v) is 12.8. The van der Waals surface area contributed by atoms with Crippen LogP contribution in [0.5, 0.6) is 0 Å². The first kappa shape index (κ1) is 23.0. The van der Waals surface area contributed by atoms with E-state index in [9.17, 15) is 9.59 Å². The van der Waals surface area contributed by atoms with Gasteiger partial charge in [-0.3, -0.25) is 14.5 Å². The Morgan fingerprint density at radius 3 is 2.62 bits per heavy atom. The first-order valence-electron chi connectivity index (χ1n) is 12.8. The number of piperidine rings is 1. The topological polar surface area (TPSA) is 139 Å². The van der Waals surface area contributed by atoms with Crippen LogP contribution in [0.4, 0.5) is 4.79 Å². The van der Waals surface area contributed by atoms with Crippen molar-refractivity contribution < 1.29 is 4.79 Å². The predicted octanol–water partition coefficient (Wildman–Crippen LogP) is 2.60. The zero-order chi connectivity index (χ0) is 26.3. The molecule has 2 aliphatic heterocycles. The van der Waals surface area contributed by atoms with Gasteiger partial charge in [-0.15, -0.1) is 5.10 Å². The zero-order valence-corrected chi connectivity index (χ0v) is 20.8. The molecule has 12 heteroatoms. The number of aromatic amines is 1. The van der Waals surface area contributed by atoms with Gasteiger partial charge in [0.1, 0.15) is 0 Å². The van der Waals surface area contributed by atoms with Crippen LogP contribution < -0.4 is 11.0 Å². The van der Waals surface area contributed by atoms with E-state index in [0.29, 0.717) is 37.4 Å². The van der Waals surface area contributed by atoms with Gasteiger partial charge in [0.05, 0.1) is 16.9 Å². The summed E-state index contributed by atoms with van der Waals surface area (Å²) in [5.74, 6) is 0.425. The number of rotatable bonds is 3. The fraction of sp³-hybridized carbons (Fsp3) is 0.222. The van der Waals surface area contributed by atoms with Crippen LogP contribution in [0.2, 0.25) is 0 Å². The molecule has 2 aliphatic rings. The molecule has 0 saturated carbocycles. The number of H-pyrrole nitrogens is 1. The summed E-state index contributed by atoms with van der Waals surface area (Å²) in [4.78, 5) is 39.9. The Hall–Kier alpha value is -5.13. The lowest BCUT2D eigenvalue weighted by Gasteiger charge is -2.33. The summed E-state index contributed by atoms with van der Waals surface area (Å²) < 4.78 is 3.38. The van der Waals surface area contributed by atoms with E-state index in [-0.39, 0.29) is 17.8 Å². The zero-order valence-electron chi connectivity index (χ0n) is 20.8. The van der Waals surface area contributed by atoms with Gasteiger partial charge in [0, 0.05) is 36.5 Å². The van der Waals surface area contributed by atoms with Gasteiger partial charge in [-0.25, -0.2) is 14.6 Å². The Kier molecular flexibility index (Phi) is 5.50. The van der Waals surface area contributed by atoms with Crippen LogP contribution in [0.25, 0.3) is 16.9 Å². The molecule has 0 radical (unpaired) electrons. The second-order valence-electron chi connectivity index (χ2n) is 9.55. The van der Waals surface area contributed by atoms with Crippen molar-refractivity contribution in [1.29, 1.82) is 0 Å². The van der Waals surface area contributed by atoms with Gasteiger partial charge in [-0.2, -0.15) is 4.68 Å². The van der Waals surface area contributed by atoms with Crippen molar-refractivity contribution >= 4 is 22.9 Å². The maximum Gasteiger partial charge on any atom is 0.327 e. The average molecular weight is 521 g/mol. The smallest absolute Gasteiger partial charge is 0.325 e. The standard InChI is InChI=1S/C27H24N10O2/c38-26(35-15-12-18(13-16-35)36-21-11-6-14-28-23(21)30-27(36)39)31-24-25-32-33-34-37(25)20-10-5-4-9-19(20)22(29-24)17-7-2-1-3-8-17/h1-11,14,18,24H,12-13,15-16H2,(H,31,38)(H,28,30,39)/t24-/m0/s1. The van der Waals surface area contributed by atoms with Gasteiger partial charge in [0.2, 0.25) is 5.82 Å². The van der Waals surface area contributed by atoms with Crippen molar-refractivity contribution in [3.63, 3.8) is 0 Å². The molecule has 3 aromatic heterocycles. The number of para-hydroxylation sites is 1. The summed E-state index contributed by atoms with van der Waals surface area (Å²) in [5.41, 5.74) is 4.47. The Morgan fingerprint density at radius 1 is 0.974 bits per heavy atom. The van der Waals surface area contributed by atoms with E-state index in [2.05, 4.69) is 30.8 Å². The fourth-order valence-corrected chi connectivity index (χ4v) is 5.43. The molecule has 12 nitrogen and oxygen atoms in total. The lowest BCUT2D eigenvalue weighted by molar-refractivity contribution is 0.168. The monoisotopic (exact) mass is 520 g/mol. The number of tetrazole rings is 1. The lowest BCUT2D eigenvalue weighted by atomic mass is 10.0. The molecule has 0 spiro atoms. The van der Waals surface area contributed by atoms with Crippen LogP contribution in [0.15, 0.2) is 82.7 Å². The van der Waals surface area contributed by atoms with Crippen molar-refractivity contribution in [2.75, 3.05) is 13.1 Å². The SMILES string of the molecule is O=C(N[C@@H]1N=C(c2ccccc2)c2ccccc2-n2nnnc21)N1CCC(n2c(=O)[nH]c3ncccc32)CC1. The van der Waals surface area contributed by atoms with Crippen LogP contribution in [0.1, 0.15) is 42.0 Å². The minimum Gasteiger partial charge on any atom is -0.325 e. The van der Waals surface area contributed by atoms with E-state index in [0.717, 1.165) is 28.0 Å². The highest BCUT2D eigenvalue weighted by Gasteiger charge is 2.31. The highest BCUT2D eigenvalue weighted by molar-refractivity contribution is 6.15. The Labute approximate surface area is 222 Å². The molecule has 39 heavy (non-hydrogen) atoms. The third kappa shape index (κ3) is 3.97. The van der Waals surface area contributed by atoms with Crippen LogP contribution in [0, 0.1) is 0 Å². The normalized spacial score (nSPS) is 17.3. The summed E-state index contributed by atoms with van der Waals surface area (Å²) >= 11 is 0. The van der Waals surface area contributed by atoms with Crippen molar-refractivity contribution in [3.05, 3.63) is 100 Å². The van der Waals surface area contributed by atoms with E-state index >= 15 is 0 Å². The molecule has 5 heterocycles. The number of fused-ring (bicyclic) bond motifs is 4. The summed E-state index contributed by atoms with van der Waals surface area (Å²) in [6.07, 6.45) is 2.14. The number of carbonyl (C=O) groups excluding carboxylic acids is 1. The number of aliphatic imine (C=N–C) groups is 1. The summed E-state index contributed by atoms with van der Waals surface area (Å²) in [6, 6.07) is 21.0. The number of likely N-dealkylation sites (tertiary alicyclic amines) is 1. The highest BCUT2D eigenvalue weighted by Crippen LogP contribution is 2.29. The van der Waals surface area contributed by atoms with Crippen molar-refractivity contribution in [2.24, 2.45) is 4.99 Å². The Morgan fingerprint density at radius 2 is 1.77 bits per heavy atom. The van der Waals surface area contributed by atoms with E-state index in [4.69, 9.17) is 4.99 Å². The number of pyridine rings is 1. The van der Waals surface area contributed by atoms with Crippen LogP contribution in [-0.4, -0.2) is 64.5 Å². The number of amides is 2. The minimum atomic E-state index is -0.796. The molecular weight excluding hydrogens is 496 g/mol. The molecule has 2 amide bonds. The molecular formula is C27H24N10O2. The predicted molar refractivity (Wildman–Crippen MR) is 143 cm³/mol. The Balaban J connectivity index is 1.15. The summed E-state index contributed by atoms with van der Waals surface area (Å²) in [5, 5.41) is 15.3. The van der Waals surface area contributed by atoms with E-state index < -0.39 is 6.17 Å². The number of nitrogens with one attached hydrogen (secondary N) is 2. The molecule has 0 aliphatic carbocycles. The number of carbonyl (C=O) groups is 1. The molecule has 1 atom stereocenters. The van der Waals surface area contributed by atoms with Crippen molar-refractivity contribution in [3.8, 4) is 5.69 Å². The molecule has 2 aromatic carbocycles. The number of hydrogen-bond donors (Lipinski definition) is 2. The van der Waals surface area contributed by atoms with Gasteiger partial charge in [0.25, 0.3) is 0 Å². The molecule has 0 unspecified atom stereocenters. The van der Waals surface area contributed by atoms with Crippen LogP contribution in [-0.2, 0) is 0 Å². The van der Waals surface area contributed by atoms with Crippen LogP contribution >= 0.6 is 0 Å². The minimum absolute atomic E-state index is 0.0260. The molecule has 194 valence electrons. The molecule has 0 bridgehead atoms. The Bertz CT molecular complexity index is 1760. The third-order valence-corrected chi connectivity index (χ3v) is 7.30. The quantitative estimate of drug-likeness (QED) is 0.375. The molecule has 2 N–H and O–H groups in total. The molecule has 5 aromatic rings. The number of imidazole rings is 1. The third-order valence-electron chi connectivity index (χ3n) is 7.30. The fourth-order valence-electron chi connectivity index (χ4n) is 5.43. The molecule has 1 saturated heterocycles. The highest BCUT2D eigenvalue weighted by atomic mass is 16.2. The first-order chi connectivity index (χ1) is 19.2. The number of benzene rings is 2. The molecule has 7 rings (SSSR count). The van der Waals surface area contributed by atoms with Gasteiger partial charge < -0.3 is 10.2 Å². The van der Waals surface area contributed by atoms with Crippen molar-refractivity contribution in [2.45, 2.75) is 25.0 Å². The van der Waals surface area contributed by atoms with Gasteiger partial charge in [-0.1, -0.05) is 48.5 Å². The van der Waals surface area contributed by atoms with E-state index in [1.54, 1.807) is 20.3 Å². The second-order valence-corrected chi connectivity index (χ2v) is 9.55. The second kappa shape index (κ2) is 9.31. The lowest BCUT2D eigenvalue weighted by Crippen LogP contribution is -2.46. The van der Waals surface area contributed by atoms with Crippen molar-refractivity contribution in [1.82, 2.24) is 45.0 Å². The summed E-state index contributed by atoms with van der Waals surface area (Å²) in [7, 11) is 0. The number of nitrogens with zero attached hydrogens (tertiary/aromatic N) is 8. The number of urea groups is 1. The average Bonchev–Trinajstić information content (AvgIpc) is 3.57. The van der Waals surface area contributed by atoms with Gasteiger partial charge in [-0.05, 0) is 41.5 Å². The summed E-state index contributed by atoms with van der Waals surface area (Å²) in [6.45, 7) is 0.978.